The normalized spacial score (nSPS) is 23.8. The molecule has 0 saturated carbocycles. The van der Waals surface area contributed by atoms with Crippen LogP contribution in [0.3, 0.4) is 0 Å². The van der Waals surface area contributed by atoms with Gasteiger partial charge >= 0.3 is 6.18 Å². The fourth-order valence-corrected chi connectivity index (χ4v) is 2.91. The minimum absolute atomic E-state index is 0.0104. The molecule has 0 bridgehead atoms. The van der Waals surface area contributed by atoms with Crippen molar-refractivity contribution in [3.8, 4) is 0 Å². The highest BCUT2D eigenvalue weighted by molar-refractivity contribution is 6.39. The second kappa shape index (κ2) is 6.25. The minimum atomic E-state index is -4.46. The van der Waals surface area contributed by atoms with Crippen LogP contribution in [0.2, 0.25) is 0 Å². The predicted molar refractivity (Wildman–Crippen MR) is 78.4 cm³/mol. The fourth-order valence-electron chi connectivity index (χ4n) is 2.91. The summed E-state index contributed by atoms with van der Waals surface area (Å²) in [5, 5.41) is 5.54. The van der Waals surface area contributed by atoms with Crippen LogP contribution in [-0.4, -0.2) is 53.0 Å². The van der Waals surface area contributed by atoms with Crippen molar-refractivity contribution in [1.29, 1.82) is 0 Å². The number of nitrogens with one attached hydrogen (secondary N) is 1. The van der Waals surface area contributed by atoms with Gasteiger partial charge in [-0.2, -0.15) is 13.2 Å². The Labute approximate surface area is 135 Å². The Kier molecular flexibility index (Phi) is 4.29. The lowest BCUT2D eigenvalue weighted by Crippen LogP contribution is -2.49. The number of piperidine rings is 1. The Hall–Kier alpha value is -2.39. The molecule has 1 saturated heterocycles. The maximum Gasteiger partial charge on any atom is 0.405 e. The van der Waals surface area contributed by atoms with Crippen LogP contribution in [0, 0.1) is 0 Å². The number of rotatable bonds is 3. The molecule has 7 nitrogen and oxygen atoms in total. The van der Waals surface area contributed by atoms with Crippen LogP contribution in [0.1, 0.15) is 19.3 Å². The third kappa shape index (κ3) is 3.74. The fraction of sp³-hybridized carbons (Fsp3) is 0.571. The van der Waals surface area contributed by atoms with Crippen LogP contribution in [-0.2, 0) is 9.63 Å². The van der Waals surface area contributed by atoms with Gasteiger partial charge in [-0.05, 0) is 18.9 Å². The van der Waals surface area contributed by atoms with Gasteiger partial charge in [0.2, 0.25) is 0 Å². The summed E-state index contributed by atoms with van der Waals surface area (Å²) >= 11 is 0. The molecule has 1 amide bonds. The van der Waals surface area contributed by atoms with E-state index in [-0.39, 0.29) is 12.1 Å². The third-order valence-corrected chi connectivity index (χ3v) is 3.98. The van der Waals surface area contributed by atoms with Crippen LogP contribution in [0.4, 0.5) is 19.0 Å². The molecule has 1 aromatic heterocycles. The number of amides is 1. The van der Waals surface area contributed by atoms with E-state index >= 15 is 0 Å². The number of hydrogen-bond donors (Lipinski definition) is 1. The number of carbonyl (C=O) groups is 1. The highest BCUT2D eigenvalue weighted by Crippen LogP contribution is 2.34. The van der Waals surface area contributed by atoms with Crippen molar-refractivity contribution in [3.63, 3.8) is 0 Å². The molecule has 1 spiro atoms. The van der Waals surface area contributed by atoms with Gasteiger partial charge in [-0.15, -0.1) is 0 Å². The lowest BCUT2D eigenvalue weighted by molar-refractivity contribution is -0.134. The summed E-state index contributed by atoms with van der Waals surface area (Å²) in [7, 11) is 0. The van der Waals surface area contributed by atoms with Gasteiger partial charge in [-0.25, -0.2) is 9.97 Å². The standard InChI is InChI=1S/C14H16F3N5O2/c15-14(16,17)7-19-12(23)10-6-13(24-21-10)3-1-5-22(8-13)11-2-4-18-9-20-11/h2,4,9H,1,3,5-8H2,(H,19,23)/t13-/m1/s1. The molecule has 130 valence electrons. The summed E-state index contributed by atoms with van der Waals surface area (Å²) in [4.78, 5) is 27.3. The Morgan fingerprint density at radius 2 is 2.29 bits per heavy atom. The number of nitrogens with zero attached hydrogens (tertiary/aromatic N) is 4. The smallest absolute Gasteiger partial charge is 0.386 e. The van der Waals surface area contributed by atoms with E-state index in [0.717, 1.165) is 18.8 Å². The highest BCUT2D eigenvalue weighted by Gasteiger charge is 2.45. The van der Waals surface area contributed by atoms with Gasteiger partial charge in [0.05, 0.1) is 6.54 Å². The summed E-state index contributed by atoms with van der Waals surface area (Å²) < 4.78 is 36.6. The van der Waals surface area contributed by atoms with Gasteiger partial charge in [0.1, 0.15) is 24.4 Å². The second-order valence-corrected chi connectivity index (χ2v) is 5.88. The molecule has 1 fully saturated rings. The van der Waals surface area contributed by atoms with Gasteiger partial charge < -0.3 is 15.1 Å². The topological polar surface area (TPSA) is 79.7 Å². The lowest BCUT2D eigenvalue weighted by Gasteiger charge is -2.38. The number of hydrogen-bond acceptors (Lipinski definition) is 6. The molecule has 0 radical (unpaired) electrons. The zero-order chi connectivity index (χ0) is 17.2. The number of alkyl halides is 3. The van der Waals surface area contributed by atoms with E-state index in [2.05, 4.69) is 15.1 Å². The molecular weight excluding hydrogens is 327 g/mol. The number of aromatic nitrogens is 2. The third-order valence-electron chi connectivity index (χ3n) is 3.98. The van der Waals surface area contributed by atoms with Crippen molar-refractivity contribution in [3.05, 3.63) is 18.6 Å². The molecule has 0 unspecified atom stereocenters. The molecule has 1 aromatic rings. The van der Waals surface area contributed by atoms with E-state index in [0.29, 0.717) is 13.0 Å². The predicted octanol–water partition coefficient (Wildman–Crippen LogP) is 1.27. The lowest BCUT2D eigenvalue weighted by atomic mass is 9.88. The zero-order valence-corrected chi connectivity index (χ0v) is 12.7. The largest absolute Gasteiger partial charge is 0.405 e. The summed E-state index contributed by atoms with van der Waals surface area (Å²) in [6, 6.07) is 1.77. The van der Waals surface area contributed by atoms with E-state index < -0.39 is 24.2 Å². The minimum Gasteiger partial charge on any atom is -0.386 e. The van der Waals surface area contributed by atoms with Crippen molar-refractivity contribution in [2.24, 2.45) is 5.16 Å². The molecule has 3 heterocycles. The molecule has 3 rings (SSSR count). The van der Waals surface area contributed by atoms with Crippen LogP contribution in [0.25, 0.3) is 0 Å². The Bertz CT molecular complexity index is 637. The molecule has 10 heteroatoms. The van der Waals surface area contributed by atoms with Crippen LogP contribution < -0.4 is 10.2 Å². The van der Waals surface area contributed by atoms with E-state index in [4.69, 9.17) is 4.84 Å². The Balaban J connectivity index is 1.61. The number of oxime groups is 1. The quantitative estimate of drug-likeness (QED) is 0.894. The SMILES string of the molecule is O=C(NCC(F)(F)F)C1=NO[C@]2(CCCN(c3ccncn3)C2)C1. The molecular formula is C14H16F3N5O2. The van der Waals surface area contributed by atoms with Gasteiger partial charge in [0, 0.05) is 19.2 Å². The molecule has 1 atom stereocenters. The van der Waals surface area contributed by atoms with Crippen molar-refractivity contribution in [2.45, 2.75) is 31.0 Å². The molecule has 0 aliphatic carbocycles. The molecule has 0 aromatic carbocycles. The summed E-state index contributed by atoms with van der Waals surface area (Å²) in [5.41, 5.74) is -0.711. The second-order valence-electron chi connectivity index (χ2n) is 5.88. The van der Waals surface area contributed by atoms with Crippen LogP contribution >= 0.6 is 0 Å². The molecule has 24 heavy (non-hydrogen) atoms. The molecule has 2 aliphatic rings. The first kappa shape index (κ1) is 16.5. The van der Waals surface area contributed by atoms with E-state index in [9.17, 15) is 18.0 Å². The first-order valence-electron chi connectivity index (χ1n) is 7.48. The van der Waals surface area contributed by atoms with Gasteiger partial charge in [-0.1, -0.05) is 5.16 Å². The number of carbonyl (C=O) groups excluding carboxylic acids is 1. The van der Waals surface area contributed by atoms with Crippen molar-refractivity contribution < 1.29 is 22.8 Å². The van der Waals surface area contributed by atoms with Crippen molar-refractivity contribution in [1.82, 2.24) is 15.3 Å². The van der Waals surface area contributed by atoms with Crippen molar-refractivity contribution >= 4 is 17.4 Å². The highest BCUT2D eigenvalue weighted by atomic mass is 19.4. The first-order valence-corrected chi connectivity index (χ1v) is 7.48. The van der Waals surface area contributed by atoms with Gasteiger partial charge in [-0.3, -0.25) is 4.79 Å². The van der Waals surface area contributed by atoms with Crippen LogP contribution in [0.15, 0.2) is 23.7 Å². The first-order chi connectivity index (χ1) is 11.4. The summed E-state index contributed by atoms with van der Waals surface area (Å²) in [6.45, 7) is -0.147. The Morgan fingerprint density at radius 1 is 1.46 bits per heavy atom. The van der Waals surface area contributed by atoms with E-state index in [1.165, 1.54) is 6.33 Å². The molecule has 2 aliphatic heterocycles. The Morgan fingerprint density at radius 3 is 3.00 bits per heavy atom. The van der Waals surface area contributed by atoms with E-state index in [1.54, 1.807) is 12.3 Å². The zero-order valence-electron chi connectivity index (χ0n) is 12.7. The average molecular weight is 343 g/mol. The van der Waals surface area contributed by atoms with Crippen molar-refractivity contribution in [2.75, 3.05) is 24.5 Å². The summed E-state index contributed by atoms with van der Waals surface area (Å²) in [6.07, 6.45) is 0.273. The van der Waals surface area contributed by atoms with Gasteiger partial charge in [0.15, 0.2) is 5.60 Å². The number of anilines is 1. The average Bonchev–Trinajstić information content (AvgIpc) is 2.96. The number of halogens is 3. The monoisotopic (exact) mass is 343 g/mol. The van der Waals surface area contributed by atoms with Gasteiger partial charge in [0.25, 0.3) is 5.91 Å². The maximum atomic E-state index is 12.2. The van der Waals surface area contributed by atoms with Crippen LogP contribution in [0.5, 0.6) is 0 Å². The van der Waals surface area contributed by atoms with E-state index in [1.807, 2.05) is 10.2 Å². The molecule has 1 N–H and O–H groups in total. The summed E-state index contributed by atoms with van der Waals surface area (Å²) in [5.74, 6) is -0.106. The maximum absolute atomic E-state index is 12.2.